The fraction of sp³-hybridized carbons (Fsp3) is 0.464. The van der Waals surface area contributed by atoms with Crippen LogP contribution in [-0.2, 0) is 27.2 Å². The molecule has 1 aromatic heterocycles. The van der Waals surface area contributed by atoms with E-state index in [0.29, 0.717) is 37.9 Å². The highest BCUT2D eigenvalue weighted by Crippen LogP contribution is 2.32. The highest BCUT2D eigenvalue weighted by molar-refractivity contribution is 6.09. The molecule has 3 rings (SSSR count). The van der Waals surface area contributed by atoms with Crippen LogP contribution in [0.1, 0.15) is 44.4 Å². The Bertz CT molecular complexity index is 1090. The van der Waals surface area contributed by atoms with Gasteiger partial charge >= 0.3 is 0 Å². The first-order chi connectivity index (χ1) is 17.6. The van der Waals surface area contributed by atoms with Crippen LogP contribution in [-0.4, -0.2) is 65.0 Å². The van der Waals surface area contributed by atoms with E-state index in [1.54, 1.807) is 32.0 Å². The van der Waals surface area contributed by atoms with Crippen LogP contribution in [0.15, 0.2) is 54.7 Å². The first kappa shape index (κ1) is 28.0. The fourth-order valence-corrected chi connectivity index (χ4v) is 4.67. The van der Waals surface area contributed by atoms with Crippen molar-refractivity contribution in [1.82, 2.24) is 20.5 Å². The molecule has 0 unspecified atom stereocenters. The summed E-state index contributed by atoms with van der Waals surface area (Å²) in [5, 5.41) is 14.3. The summed E-state index contributed by atoms with van der Waals surface area (Å²) in [6.07, 6.45) is 4.01. The van der Waals surface area contributed by atoms with E-state index in [1.807, 2.05) is 48.5 Å². The molecule has 3 amide bonds. The van der Waals surface area contributed by atoms with Gasteiger partial charge in [-0.2, -0.15) is 0 Å². The summed E-state index contributed by atoms with van der Waals surface area (Å²) in [5.74, 6) is -0.986. The van der Waals surface area contributed by atoms with Gasteiger partial charge in [-0.1, -0.05) is 36.4 Å². The Morgan fingerprint density at radius 3 is 2.49 bits per heavy atom. The maximum Gasteiger partial charge on any atom is 0.245 e. The zero-order chi connectivity index (χ0) is 27.1. The number of aryl methyl sites for hydroxylation is 1. The lowest BCUT2D eigenvalue weighted by Gasteiger charge is -2.43. The Kier molecular flexibility index (Phi) is 9.15. The van der Waals surface area contributed by atoms with Gasteiger partial charge in [-0.05, 0) is 57.2 Å². The number of hydrogen-bond acceptors (Lipinski definition) is 6. The maximum absolute atomic E-state index is 13.8. The van der Waals surface area contributed by atoms with Crippen molar-refractivity contribution in [3.8, 4) is 0 Å². The summed E-state index contributed by atoms with van der Waals surface area (Å²) in [5.41, 5.74) is 5.80. The van der Waals surface area contributed by atoms with Crippen LogP contribution < -0.4 is 16.4 Å². The third-order valence-corrected chi connectivity index (χ3v) is 6.83. The van der Waals surface area contributed by atoms with Gasteiger partial charge in [-0.25, -0.2) is 0 Å². The molecule has 0 spiro atoms. The SMILES string of the molecule is CNC(=O)[C@]1(Cc2ccccc2)CN(C(=O)[C@@H](CCCc2ccccn2)NC(=O)C(C)(C)N)CCC1=N. The van der Waals surface area contributed by atoms with Crippen LogP contribution in [0.5, 0.6) is 0 Å². The van der Waals surface area contributed by atoms with E-state index in [1.165, 1.54) is 0 Å². The van der Waals surface area contributed by atoms with Crippen LogP contribution in [0.25, 0.3) is 0 Å². The zero-order valence-electron chi connectivity index (χ0n) is 21.9. The Balaban J connectivity index is 1.83. The molecule has 0 aliphatic carbocycles. The molecule has 5 N–H and O–H groups in total. The molecule has 1 fully saturated rings. The van der Waals surface area contributed by atoms with Gasteiger partial charge < -0.3 is 26.7 Å². The predicted octanol–water partition coefficient (Wildman–Crippen LogP) is 1.85. The molecule has 0 saturated carbocycles. The van der Waals surface area contributed by atoms with Crippen molar-refractivity contribution in [1.29, 1.82) is 5.41 Å². The van der Waals surface area contributed by atoms with Crippen LogP contribution in [0.2, 0.25) is 0 Å². The molecule has 0 radical (unpaired) electrons. The summed E-state index contributed by atoms with van der Waals surface area (Å²) in [7, 11) is 1.55. The molecule has 2 atom stereocenters. The monoisotopic (exact) mass is 506 g/mol. The molecular formula is C28H38N6O3. The molecule has 2 aromatic rings. The van der Waals surface area contributed by atoms with E-state index in [2.05, 4.69) is 15.6 Å². The Hall–Kier alpha value is -3.59. The molecule has 198 valence electrons. The Morgan fingerprint density at radius 2 is 1.86 bits per heavy atom. The average molecular weight is 507 g/mol. The van der Waals surface area contributed by atoms with Gasteiger partial charge in [0.1, 0.15) is 11.5 Å². The molecule has 1 aliphatic heterocycles. The Labute approximate surface area is 218 Å². The number of rotatable bonds is 10. The number of nitrogens with one attached hydrogen (secondary N) is 3. The second-order valence-corrected chi connectivity index (χ2v) is 10.3. The van der Waals surface area contributed by atoms with Crippen molar-refractivity contribution >= 4 is 23.4 Å². The Morgan fingerprint density at radius 1 is 1.16 bits per heavy atom. The second kappa shape index (κ2) is 12.1. The lowest BCUT2D eigenvalue weighted by Crippen LogP contribution is -2.62. The number of likely N-dealkylation sites (tertiary alicyclic amines) is 1. The lowest BCUT2D eigenvalue weighted by atomic mass is 9.72. The molecule has 1 aromatic carbocycles. The molecule has 2 heterocycles. The van der Waals surface area contributed by atoms with Crippen molar-refractivity contribution < 1.29 is 14.4 Å². The highest BCUT2D eigenvalue weighted by atomic mass is 16.2. The quantitative estimate of drug-likeness (QED) is 0.389. The number of nitrogens with two attached hydrogens (primary N) is 1. The first-order valence-electron chi connectivity index (χ1n) is 12.7. The minimum atomic E-state index is -1.18. The number of carbonyl (C=O) groups is 3. The van der Waals surface area contributed by atoms with Crippen molar-refractivity contribution in [2.75, 3.05) is 20.1 Å². The molecule has 0 bridgehead atoms. The number of nitrogens with zero attached hydrogens (tertiary/aromatic N) is 2. The molecule has 37 heavy (non-hydrogen) atoms. The number of pyridine rings is 1. The molecular weight excluding hydrogens is 468 g/mol. The average Bonchev–Trinajstić information content (AvgIpc) is 2.89. The largest absolute Gasteiger partial charge is 0.358 e. The highest BCUT2D eigenvalue weighted by Gasteiger charge is 2.48. The van der Waals surface area contributed by atoms with E-state index in [-0.39, 0.29) is 24.8 Å². The summed E-state index contributed by atoms with van der Waals surface area (Å²) in [4.78, 5) is 45.7. The third kappa shape index (κ3) is 7.01. The van der Waals surface area contributed by atoms with Gasteiger partial charge in [0.25, 0.3) is 0 Å². The van der Waals surface area contributed by atoms with Crippen LogP contribution in [0.3, 0.4) is 0 Å². The van der Waals surface area contributed by atoms with Gasteiger partial charge in [0.2, 0.25) is 17.7 Å². The van der Waals surface area contributed by atoms with Crippen molar-refractivity contribution in [2.45, 2.75) is 57.5 Å². The lowest BCUT2D eigenvalue weighted by molar-refractivity contribution is -0.141. The molecule has 9 heteroatoms. The van der Waals surface area contributed by atoms with Crippen molar-refractivity contribution in [3.05, 3.63) is 66.0 Å². The summed E-state index contributed by atoms with van der Waals surface area (Å²) in [6, 6.07) is 14.4. The molecule has 9 nitrogen and oxygen atoms in total. The summed E-state index contributed by atoms with van der Waals surface area (Å²) >= 11 is 0. The maximum atomic E-state index is 13.8. The topological polar surface area (TPSA) is 141 Å². The number of carbonyl (C=O) groups excluding carboxylic acids is 3. The number of hydrogen-bond donors (Lipinski definition) is 4. The number of amides is 3. The van der Waals surface area contributed by atoms with Gasteiger partial charge in [-0.15, -0.1) is 0 Å². The van der Waals surface area contributed by atoms with Crippen LogP contribution >= 0.6 is 0 Å². The number of aromatic nitrogens is 1. The van der Waals surface area contributed by atoms with E-state index in [0.717, 1.165) is 11.3 Å². The standard InChI is InChI=1S/C28H38N6O3/c1-27(2,30)25(36)33-22(14-9-13-21-12-7-8-16-32-21)24(35)34-17-15-23(29)28(19-34,26(37)31-3)18-20-10-5-4-6-11-20/h4-8,10-12,16,22,29H,9,13-15,17-19,30H2,1-3H3,(H,31,37)(H,33,36)/t22-,28-/m1/s1. The van der Waals surface area contributed by atoms with Crippen LogP contribution in [0.4, 0.5) is 0 Å². The van der Waals surface area contributed by atoms with Gasteiger partial charge in [0, 0.05) is 44.2 Å². The zero-order valence-corrected chi connectivity index (χ0v) is 21.9. The van der Waals surface area contributed by atoms with Crippen molar-refractivity contribution in [2.24, 2.45) is 11.1 Å². The fourth-order valence-electron chi connectivity index (χ4n) is 4.67. The molecule has 1 saturated heterocycles. The number of benzene rings is 1. The van der Waals surface area contributed by atoms with Gasteiger partial charge in [0.15, 0.2) is 0 Å². The third-order valence-electron chi connectivity index (χ3n) is 6.83. The van der Waals surface area contributed by atoms with E-state index >= 15 is 0 Å². The predicted molar refractivity (Wildman–Crippen MR) is 143 cm³/mol. The van der Waals surface area contributed by atoms with E-state index in [4.69, 9.17) is 11.1 Å². The minimum absolute atomic E-state index is 0.0673. The van der Waals surface area contributed by atoms with Crippen LogP contribution in [0, 0.1) is 10.8 Å². The smallest absolute Gasteiger partial charge is 0.245 e. The van der Waals surface area contributed by atoms with Crippen molar-refractivity contribution in [3.63, 3.8) is 0 Å². The second-order valence-electron chi connectivity index (χ2n) is 10.3. The van der Waals surface area contributed by atoms with E-state index in [9.17, 15) is 14.4 Å². The summed E-state index contributed by atoms with van der Waals surface area (Å²) in [6.45, 7) is 3.56. The summed E-state index contributed by atoms with van der Waals surface area (Å²) < 4.78 is 0. The van der Waals surface area contributed by atoms with E-state index < -0.39 is 22.9 Å². The normalized spacial score (nSPS) is 18.7. The first-order valence-corrected chi connectivity index (χ1v) is 12.7. The minimum Gasteiger partial charge on any atom is -0.358 e. The van der Waals surface area contributed by atoms with Gasteiger partial charge in [0.05, 0.1) is 5.54 Å². The van der Waals surface area contributed by atoms with Gasteiger partial charge in [-0.3, -0.25) is 19.4 Å². The number of piperidine rings is 1. The molecule has 1 aliphatic rings.